The number of hydrogen-bond donors (Lipinski definition) is 1. The second-order valence-electron chi connectivity index (χ2n) is 2.63. The molecule has 1 rings (SSSR count). The predicted molar refractivity (Wildman–Crippen MR) is 61.4 cm³/mol. The average molecular weight is 242 g/mol. The molecule has 14 heavy (non-hydrogen) atoms. The molecule has 0 unspecified atom stereocenters. The van der Waals surface area contributed by atoms with Crippen LogP contribution in [0.25, 0.3) is 0 Å². The Balaban J connectivity index is 0. The van der Waals surface area contributed by atoms with Crippen LogP contribution in [-0.2, 0) is 17.8 Å². The van der Waals surface area contributed by atoms with Gasteiger partial charge in [0.25, 0.3) is 0 Å². The van der Waals surface area contributed by atoms with Crippen LogP contribution >= 0.6 is 24.8 Å². The summed E-state index contributed by atoms with van der Waals surface area (Å²) >= 11 is 0. The summed E-state index contributed by atoms with van der Waals surface area (Å²) in [7, 11) is 3.62. The van der Waals surface area contributed by atoms with Crippen molar-refractivity contribution in [3.8, 4) is 0 Å². The van der Waals surface area contributed by atoms with E-state index in [0.717, 1.165) is 13.1 Å². The van der Waals surface area contributed by atoms with Crippen LogP contribution in [0.2, 0.25) is 0 Å². The number of ether oxygens (including phenoxy) is 1. The third kappa shape index (κ3) is 5.44. The zero-order chi connectivity index (χ0) is 8.81. The minimum Gasteiger partial charge on any atom is -0.383 e. The summed E-state index contributed by atoms with van der Waals surface area (Å²) < 4.78 is 6.82. The lowest BCUT2D eigenvalue weighted by molar-refractivity contribution is 0.183. The predicted octanol–water partition coefficient (Wildman–Crippen LogP) is 1.09. The fourth-order valence-electron chi connectivity index (χ4n) is 1.01. The summed E-state index contributed by atoms with van der Waals surface area (Å²) in [6, 6.07) is 0. The van der Waals surface area contributed by atoms with E-state index in [1.165, 1.54) is 5.56 Å². The van der Waals surface area contributed by atoms with Gasteiger partial charge in [-0.1, -0.05) is 0 Å². The van der Waals surface area contributed by atoms with E-state index >= 15 is 0 Å². The fourth-order valence-corrected chi connectivity index (χ4v) is 1.01. The van der Waals surface area contributed by atoms with Crippen molar-refractivity contribution < 1.29 is 4.74 Å². The third-order valence-corrected chi connectivity index (χ3v) is 1.59. The van der Waals surface area contributed by atoms with Crippen molar-refractivity contribution >= 4 is 24.8 Å². The van der Waals surface area contributed by atoms with E-state index in [1.54, 1.807) is 7.11 Å². The van der Waals surface area contributed by atoms with Gasteiger partial charge in [0.2, 0.25) is 0 Å². The Bertz CT molecular complexity index is 230. The minimum absolute atomic E-state index is 0. The van der Waals surface area contributed by atoms with E-state index in [4.69, 9.17) is 4.74 Å². The number of nitrogens with zero attached hydrogens (tertiary/aromatic N) is 2. The molecule has 0 aliphatic rings. The molecule has 0 fully saturated rings. The number of halogens is 2. The highest BCUT2D eigenvalue weighted by Gasteiger charge is 1.95. The monoisotopic (exact) mass is 241 g/mol. The van der Waals surface area contributed by atoms with Crippen LogP contribution in [-0.4, -0.2) is 30.5 Å². The largest absolute Gasteiger partial charge is 0.383 e. The molecule has 0 saturated carbocycles. The fraction of sp³-hybridized carbons (Fsp3) is 0.625. The molecule has 0 aliphatic heterocycles. The van der Waals surface area contributed by atoms with E-state index < -0.39 is 0 Å². The van der Waals surface area contributed by atoms with Crippen LogP contribution < -0.4 is 5.32 Å². The van der Waals surface area contributed by atoms with Crippen LogP contribution in [0.5, 0.6) is 0 Å². The summed E-state index contributed by atoms with van der Waals surface area (Å²) in [4.78, 5) is 0. The molecule has 0 radical (unpaired) electrons. The summed E-state index contributed by atoms with van der Waals surface area (Å²) in [6.07, 6.45) is 3.89. The molecule has 1 aromatic heterocycles. The highest BCUT2D eigenvalue weighted by atomic mass is 35.5. The second-order valence-corrected chi connectivity index (χ2v) is 2.63. The molecular formula is C8H17Cl2N3O. The highest BCUT2D eigenvalue weighted by molar-refractivity contribution is 5.85. The van der Waals surface area contributed by atoms with E-state index in [1.807, 2.05) is 24.1 Å². The van der Waals surface area contributed by atoms with E-state index in [2.05, 4.69) is 10.4 Å². The first kappa shape index (κ1) is 16.2. The molecule has 0 amide bonds. The molecular weight excluding hydrogens is 225 g/mol. The van der Waals surface area contributed by atoms with Gasteiger partial charge >= 0.3 is 0 Å². The SMILES string of the molecule is CNCc1cnn(CCOC)c1.Cl.Cl. The van der Waals surface area contributed by atoms with E-state index in [0.29, 0.717) is 6.61 Å². The molecule has 1 N–H and O–H groups in total. The maximum Gasteiger partial charge on any atom is 0.0658 e. The summed E-state index contributed by atoms with van der Waals surface area (Å²) in [5, 5.41) is 7.24. The maximum atomic E-state index is 4.94. The van der Waals surface area contributed by atoms with Crippen LogP contribution in [0.1, 0.15) is 5.56 Å². The molecule has 0 bridgehead atoms. The Kier molecular flexibility index (Phi) is 10.7. The van der Waals surface area contributed by atoms with E-state index in [-0.39, 0.29) is 24.8 Å². The van der Waals surface area contributed by atoms with Gasteiger partial charge in [0.05, 0.1) is 19.3 Å². The number of nitrogens with one attached hydrogen (secondary N) is 1. The van der Waals surface area contributed by atoms with Gasteiger partial charge in [-0.25, -0.2) is 0 Å². The van der Waals surface area contributed by atoms with Crippen molar-refractivity contribution in [1.82, 2.24) is 15.1 Å². The lowest BCUT2D eigenvalue weighted by atomic mass is 10.4. The van der Waals surface area contributed by atoms with Crippen molar-refractivity contribution in [2.45, 2.75) is 13.1 Å². The smallest absolute Gasteiger partial charge is 0.0658 e. The Hall–Kier alpha value is -0.290. The summed E-state index contributed by atoms with van der Waals surface area (Å²) in [5.41, 5.74) is 1.20. The van der Waals surface area contributed by atoms with Crippen molar-refractivity contribution in [3.05, 3.63) is 18.0 Å². The van der Waals surface area contributed by atoms with Gasteiger partial charge in [0.15, 0.2) is 0 Å². The average Bonchev–Trinajstić information content (AvgIpc) is 2.50. The zero-order valence-corrected chi connectivity index (χ0v) is 10.0. The van der Waals surface area contributed by atoms with Crippen LogP contribution in [0, 0.1) is 0 Å². The number of rotatable bonds is 5. The first-order chi connectivity index (χ1) is 5.86. The topological polar surface area (TPSA) is 39.1 Å². The Morgan fingerprint density at radius 1 is 1.50 bits per heavy atom. The normalized spacial score (nSPS) is 9.00. The zero-order valence-electron chi connectivity index (χ0n) is 8.40. The Morgan fingerprint density at radius 2 is 2.21 bits per heavy atom. The highest BCUT2D eigenvalue weighted by Crippen LogP contribution is 1.96. The van der Waals surface area contributed by atoms with Gasteiger partial charge in [-0.2, -0.15) is 5.10 Å². The molecule has 0 spiro atoms. The van der Waals surface area contributed by atoms with Crippen molar-refractivity contribution in [1.29, 1.82) is 0 Å². The lowest BCUT2D eigenvalue weighted by Crippen LogP contribution is -2.05. The van der Waals surface area contributed by atoms with Gasteiger partial charge in [0, 0.05) is 25.4 Å². The lowest BCUT2D eigenvalue weighted by Gasteiger charge is -1.98. The van der Waals surface area contributed by atoms with Crippen LogP contribution in [0.4, 0.5) is 0 Å². The molecule has 0 aromatic carbocycles. The van der Waals surface area contributed by atoms with Crippen LogP contribution in [0.15, 0.2) is 12.4 Å². The van der Waals surface area contributed by atoms with Gasteiger partial charge in [-0.15, -0.1) is 24.8 Å². The number of aromatic nitrogens is 2. The van der Waals surface area contributed by atoms with Gasteiger partial charge < -0.3 is 10.1 Å². The second kappa shape index (κ2) is 9.27. The third-order valence-electron chi connectivity index (χ3n) is 1.59. The number of hydrogen-bond acceptors (Lipinski definition) is 3. The van der Waals surface area contributed by atoms with Crippen molar-refractivity contribution in [3.63, 3.8) is 0 Å². The first-order valence-electron chi connectivity index (χ1n) is 4.01. The summed E-state index contributed by atoms with van der Waals surface area (Å²) in [6.45, 7) is 2.40. The Labute approximate surface area is 96.8 Å². The quantitative estimate of drug-likeness (QED) is 0.840. The van der Waals surface area contributed by atoms with Crippen LogP contribution in [0.3, 0.4) is 0 Å². The van der Waals surface area contributed by atoms with Crippen molar-refractivity contribution in [2.75, 3.05) is 20.8 Å². The Morgan fingerprint density at radius 3 is 2.79 bits per heavy atom. The molecule has 1 aromatic rings. The molecule has 0 saturated heterocycles. The number of methoxy groups -OCH3 is 1. The minimum atomic E-state index is 0. The van der Waals surface area contributed by atoms with Gasteiger partial charge in [0.1, 0.15) is 0 Å². The molecule has 0 atom stereocenters. The first-order valence-corrected chi connectivity index (χ1v) is 4.01. The van der Waals surface area contributed by atoms with E-state index in [9.17, 15) is 0 Å². The van der Waals surface area contributed by atoms with Gasteiger partial charge in [-0.05, 0) is 7.05 Å². The molecule has 1 heterocycles. The molecule has 0 aliphatic carbocycles. The summed E-state index contributed by atoms with van der Waals surface area (Å²) in [5.74, 6) is 0. The molecule has 4 nitrogen and oxygen atoms in total. The maximum absolute atomic E-state index is 4.94. The van der Waals surface area contributed by atoms with Gasteiger partial charge in [-0.3, -0.25) is 4.68 Å². The molecule has 84 valence electrons. The van der Waals surface area contributed by atoms with Crippen molar-refractivity contribution in [2.24, 2.45) is 0 Å². The molecule has 6 heteroatoms. The standard InChI is InChI=1S/C8H15N3O.2ClH/c1-9-5-8-6-10-11(7-8)3-4-12-2;;/h6-7,9H,3-5H2,1-2H3;2*1H.